The Morgan fingerprint density at radius 1 is 0.938 bits per heavy atom. The summed E-state index contributed by atoms with van der Waals surface area (Å²) in [6.45, 7) is 4.04. The molecule has 1 amide bonds. The van der Waals surface area contributed by atoms with E-state index in [2.05, 4.69) is 12.2 Å². The molecule has 0 aliphatic rings. The number of aryl methyl sites for hydroxylation is 2. The molecule has 164 valence electrons. The van der Waals surface area contributed by atoms with Gasteiger partial charge in [-0.1, -0.05) is 67.1 Å². The highest BCUT2D eigenvalue weighted by molar-refractivity contribution is 7.90. The van der Waals surface area contributed by atoms with Gasteiger partial charge in [-0.25, -0.2) is 8.42 Å². The molecular formula is C26H26N2O3S. The van der Waals surface area contributed by atoms with Gasteiger partial charge in [0.15, 0.2) is 9.84 Å². The minimum absolute atomic E-state index is 0.0238. The van der Waals surface area contributed by atoms with Crippen LogP contribution in [-0.2, 0) is 33.4 Å². The molecule has 0 unspecified atom stereocenters. The van der Waals surface area contributed by atoms with Crippen molar-refractivity contribution in [1.29, 1.82) is 0 Å². The molecule has 0 fully saturated rings. The number of fused-ring (bicyclic) bond motifs is 1. The molecule has 3 aromatic carbocycles. The van der Waals surface area contributed by atoms with Crippen molar-refractivity contribution in [3.05, 3.63) is 95.7 Å². The van der Waals surface area contributed by atoms with Gasteiger partial charge < -0.3 is 9.88 Å². The number of carbonyl (C=O) groups excluding carboxylic acids is 1. The summed E-state index contributed by atoms with van der Waals surface area (Å²) in [6.07, 6.45) is 2.51. The molecule has 6 heteroatoms. The van der Waals surface area contributed by atoms with Crippen LogP contribution in [0.25, 0.3) is 10.9 Å². The molecule has 5 nitrogen and oxygen atoms in total. The van der Waals surface area contributed by atoms with Crippen molar-refractivity contribution < 1.29 is 13.2 Å². The van der Waals surface area contributed by atoms with E-state index in [4.69, 9.17) is 0 Å². The second kappa shape index (κ2) is 9.01. The molecule has 1 heterocycles. The fraction of sp³-hybridized carbons (Fsp3) is 0.192. The van der Waals surface area contributed by atoms with Crippen LogP contribution in [0.2, 0.25) is 0 Å². The van der Waals surface area contributed by atoms with Crippen LogP contribution in [0.15, 0.2) is 83.9 Å². The zero-order valence-electron chi connectivity index (χ0n) is 18.2. The quantitative estimate of drug-likeness (QED) is 0.428. The van der Waals surface area contributed by atoms with Crippen LogP contribution in [0.5, 0.6) is 0 Å². The van der Waals surface area contributed by atoms with Crippen LogP contribution in [-0.4, -0.2) is 18.9 Å². The number of rotatable bonds is 7. The fourth-order valence-corrected chi connectivity index (χ4v) is 5.44. The molecule has 0 spiro atoms. The molecule has 0 saturated carbocycles. The van der Waals surface area contributed by atoms with Gasteiger partial charge in [0.25, 0.3) is 0 Å². The standard InChI is InChI=1S/C26H26N2O3S/c1-3-20-11-13-22(14-12-20)27-26(29)17-28-16-25(23-9-4-5-10-24(23)28)32(30,31)18-21-8-6-7-19(2)15-21/h4-16H,3,17-18H2,1-2H3,(H,27,29). The normalized spacial score (nSPS) is 11.6. The Labute approximate surface area is 188 Å². The summed E-state index contributed by atoms with van der Waals surface area (Å²) in [5, 5.41) is 3.52. The van der Waals surface area contributed by atoms with Crippen molar-refractivity contribution in [2.75, 3.05) is 5.32 Å². The molecular weight excluding hydrogens is 420 g/mol. The molecule has 1 N–H and O–H groups in total. The molecule has 0 radical (unpaired) electrons. The summed E-state index contributed by atoms with van der Waals surface area (Å²) >= 11 is 0. The van der Waals surface area contributed by atoms with Crippen molar-refractivity contribution >= 4 is 32.3 Å². The van der Waals surface area contributed by atoms with Crippen molar-refractivity contribution in [1.82, 2.24) is 4.57 Å². The molecule has 0 aliphatic heterocycles. The van der Waals surface area contributed by atoms with Gasteiger partial charge in [0.05, 0.1) is 10.6 Å². The molecule has 0 saturated heterocycles. The summed E-state index contributed by atoms with van der Waals surface area (Å²) in [5.41, 5.74) is 4.39. The summed E-state index contributed by atoms with van der Waals surface area (Å²) in [4.78, 5) is 12.9. The molecule has 0 bridgehead atoms. The van der Waals surface area contributed by atoms with Crippen molar-refractivity contribution in [2.45, 2.75) is 37.5 Å². The van der Waals surface area contributed by atoms with Crippen LogP contribution in [0, 0.1) is 6.92 Å². The maximum absolute atomic E-state index is 13.3. The lowest BCUT2D eigenvalue weighted by Crippen LogP contribution is -2.18. The smallest absolute Gasteiger partial charge is 0.244 e. The Morgan fingerprint density at radius 3 is 2.41 bits per heavy atom. The number of sulfone groups is 1. The number of benzene rings is 3. The van der Waals surface area contributed by atoms with Crippen LogP contribution in [0.1, 0.15) is 23.6 Å². The van der Waals surface area contributed by atoms with Gasteiger partial charge in [-0.3, -0.25) is 4.79 Å². The average molecular weight is 447 g/mol. The van der Waals surface area contributed by atoms with Crippen LogP contribution in [0.4, 0.5) is 5.69 Å². The Balaban J connectivity index is 1.61. The van der Waals surface area contributed by atoms with Crippen LogP contribution in [0.3, 0.4) is 0 Å². The van der Waals surface area contributed by atoms with Gasteiger partial charge in [-0.05, 0) is 42.7 Å². The van der Waals surface area contributed by atoms with Gasteiger partial charge in [0, 0.05) is 22.8 Å². The number of amides is 1. The van der Waals surface area contributed by atoms with E-state index in [-0.39, 0.29) is 23.1 Å². The first-order valence-corrected chi connectivity index (χ1v) is 12.3. The maximum atomic E-state index is 13.3. The number of hydrogen-bond donors (Lipinski definition) is 1. The Morgan fingerprint density at radius 2 is 1.69 bits per heavy atom. The number of anilines is 1. The minimum Gasteiger partial charge on any atom is -0.337 e. The average Bonchev–Trinajstić information content (AvgIpc) is 3.13. The van der Waals surface area contributed by atoms with E-state index in [1.165, 1.54) is 5.56 Å². The van der Waals surface area contributed by atoms with E-state index in [0.717, 1.165) is 23.2 Å². The zero-order chi connectivity index (χ0) is 22.7. The Kier molecular flexibility index (Phi) is 6.15. The topological polar surface area (TPSA) is 68.2 Å². The third-order valence-electron chi connectivity index (χ3n) is 5.49. The summed E-state index contributed by atoms with van der Waals surface area (Å²) in [6, 6.07) is 22.5. The lowest BCUT2D eigenvalue weighted by atomic mass is 10.1. The second-order valence-electron chi connectivity index (χ2n) is 7.99. The fourth-order valence-electron chi connectivity index (χ4n) is 3.87. The van der Waals surface area contributed by atoms with Crippen LogP contribution < -0.4 is 5.32 Å². The summed E-state index contributed by atoms with van der Waals surface area (Å²) in [7, 11) is -3.59. The Hall–Kier alpha value is -3.38. The van der Waals surface area contributed by atoms with Gasteiger partial charge in [-0.15, -0.1) is 0 Å². The zero-order valence-corrected chi connectivity index (χ0v) is 19.0. The van der Waals surface area contributed by atoms with E-state index in [9.17, 15) is 13.2 Å². The highest BCUT2D eigenvalue weighted by Gasteiger charge is 2.22. The summed E-state index contributed by atoms with van der Waals surface area (Å²) in [5.74, 6) is -0.295. The number of hydrogen-bond acceptors (Lipinski definition) is 3. The number of nitrogens with one attached hydrogen (secondary N) is 1. The maximum Gasteiger partial charge on any atom is 0.244 e. The predicted octanol–water partition coefficient (Wildman–Crippen LogP) is 5.12. The van der Waals surface area contributed by atoms with Crippen LogP contribution >= 0.6 is 0 Å². The van der Waals surface area contributed by atoms with E-state index >= 15 is 0 Å². The number of para-hydroxylation sites is 1. The highest BCUT2D eigenvalue weighted by Crippen LogP contribution is 2.28. The Bertz CT molecular complexity index is 1370. The van der Waals surface area contributed by atoms with E-state index in [0.29, 0.717) is 10.9 Å². The first-order chi connectivity index (χ1) is 15.4. The molecule has 32 heavy (non-hydrogen) atoms. The summed E-state index contributed by atoms with van der Waals surface area (Å²) < 4.78 is 28.2. The lowest BCUT2D eigenvalue weighted by molar-refractivity contribution is -0.116. The first kappa shape index (κ1) is 21.8. The molecule has 0 atom stereocenters. The van der Waals surface area contributed by atoms with E-state index in [1.54, 1.807) is 16.8 Å². The number of carbonyl (C=O) groups is 1. The van der Waals surface area contributed by atoms with Gasteiger partial charge in [-0.2, -0.15) is 0 Å². The van der Waals surface area contributed by atoms with Gasteiger partial charge >= 0.3 is 0 Å². The molecule has 1 aromatic heterocycles. The largest absolute Gasteiger partial charge is 0.337 e. The van der Waals surface area contributed by atoms with E-state index < -0.39 is 9.84 Å². The molecule has 4 aromatic rings. The monoisotopic (exact) mass is 446 g/mol. The highest BCUT2D eigenvalue weighted by atomic mass is 32.2. The minimum atomic E-state index is -3.59. The number of aromatic nitrogens is 1. The third-order valence-corrected chi connectivity index (χ3v) is 7.19. The third kappa shape index (κ3) is 4.75. The first-order valence-electron chi connectivity index (χ1n) is 10.6. The van der Waals surface area contributed by atoms with Crippen molar-refractivity contribution in [3.8, 4) is 0 Å². The predicted molar refractivity (Wildman–Crippen MR) is 128 cm³/mol. The van der Waals surface area contributed by atoms with Gasteiger partial charge in [0.1, 0.15) is 6.54 Å². The van der Waals surface area contributed by atoms with E-state index in [1.807, 2.05) is 73.7 Å². The van der Waals surface area contributed by atoms with Gasteiger partial charge in [0.2, 0.25) is 5.91 Å². The number of nitrogens with zero attached hydrogens (tertiary/aromatic N) is 1. The molecule has 4 rings (SSSR count). The lowest BCUT2D eigenvalue weighted by Gasteiger charge is -2.08. The van der Waals surface area contributed by atoms with Crippen molar-refractivity contribution in [2.24, 2.45) is 0 Å². The molecule has 0 aliphatic carbocycles. The SMILES string of the molecule is CCc1ccc(NC(=O)Cn2cc(S(=O)(=O)Cc3cccc(C)c3)c3ccccc32)cc1. The second-order valence-corrected chi connectivity index (χ2v) is 9.94. The van der Waals surface area contributed by atoms with Crippen molar-refractivity contribution in [3.63, 3.8) is 0 Å².